The third-order valence-corrected chi connectivity index (χ3v) is 4.98. The molecule has 0 atom stereocenters. The van der Waals surface area contributed by atoms with E-state index in [1.165, 1.54) is 0 Å². The number of carbonyl (C=O) groups is 2. The number of nitrogens with zero attached hydrogens (tertiary/aromatic N) is 2. The number of nitriles is 1. The minimum atomic E-state index is -0.0433. The zero-order chi connectivity index (χ0) is 21.1. The summed E-state index contributed by atoms with van der Waals surface area (Å²) >= 11 is 0. The lowest BCUT2D eigenvalue weighted by Gasteiger charge is -2.31. The van der Waals surface area contributed by atoms with Gasteiger partial charge in [0, 0.05) is 37.7 Å². The van der Waals surface area contributed by atoms with Crippen molar-refractivity contribution in [3.63, 3.8) is 0 Å². The van der Waals surface area contributed by atoms with Gasteiger partial charge in [0.2, 0.25) is 11.8 Å². The summed E-state index contributed by atoms with van der Waals surface area (Å²) < 4.78 is 5.47. The molecule has 0 saturated carbocycles. The van der Waals surface area contributed by atoms with E-state index in [1.54, 1.807) is 24.3 Å². The summed E-state index contributed by atoms with van der Waals surface area (Å²) in [5, 5.41) is 14.7. The minimum absolute atomic E-state index is 0.0433. The predicted molar refractivity (Wildman–Crippen MR) is 112 cm³/mol. The smallest absolute Gasteiger partial charge is 0.225 e. The van der Waals surface area contributed by atoms with Crippen LogP contribution in [0.3, 0.4) is 0 Å². The van der Waals surface area contributed by atoms with Gasteiger partial charge in [0.15, 0.2) is 0 Å². The van der Waals surface area contributed by atoms with E-state index in [1.807, 2.05) is 13.8 Å². The van der Waals surface area contributed by atoms with Crippen LogP contribution in [0.25, 0.3) is 0 Å². The van der Waals surface area contributed by atoms with Gasteiger partial charge >= 0.3 is 0 Å². The first-order chi connectivity index (χ1) is 14.0. The van der Waals surface area contributed by atoms with Crippen LogP contribution in [0.15, 0.2) is 24.3 Å². The first-order valence-corrected chi connectivity index (χ1v) is 10.4. The summed E-state index contributed by atoms with van der Waals surface area (Å²) in [4.78, 5) is 26.6. The van der Waals surface area contributed by atoms with Crippen LogP contribution in [0.1, 0.15) is 45.1 Å². The third-order valence-electron chi connectivity index (χ3n) is 4.98. The van der Waals surface area contributed by atoms with Crippen molar-refractivity contribution in [1.29, 1.82) is 5.26 Å². The average Bonchev–Trinajstić information content (AvgIpc) is 2.72. The molecular weight excluding hydrogens is 368 g/mol. The van der Waals surface area contributed by atoms with Crippen molar-refractivity contribution < 1.29 is 14.3 Å². The summed E-state index contributed by atoms with van der Waals surface area (Å²) in [6.45, 7) is 7.68. The summed E-state index contributed by atoms with van der Waals surface area (Å²) in [5.41, 5.74) is 1.27. The highest BCUT2D eigenvalue weighted by atomic mass is 16.5. The van der Waals surface area contributed by atoms with E-state index in [-0.39, 0.29) is 23.8 Å². The molecule has 0 radical (unpaired) electrons. The molecule has 7 nitrogen and oxygen atoms in total. The molecular formula is C22H32N4O3. The number of hydrogen-bond acceptors (Lipinski definition) is 5. The number of ether oxygens (including phenoxy) is 1. The topological polar surface area (TPSA) is 94.5 Å². The number of amides is 2. The van der Waals surface area contributed by atoms with E-state index in [0.717, 1.165) is 32.4 Å². The first kappa shape index (κ1) is 22.9. The molecule has 1 aromatic rings. The molecule has 0 spiro atoms. The molecule has 7 heteroatoms. The second kappa shape index (κ2) is 12.2. The Bertz CT molecular complexity index is 689. The Labute approximate surface area is 173 Å². The van der Waals surface area contributed by atoms with Gasteiger partial charge in [-0.25, -0.2) is 0 Å². The second-order valence-corrected chi connectivity index (χ2v) is 7.67. The van der Waals surface area contributed by atoms with E-state index in [4.69, 9.17) is 10.00 Å². The maximum Gasteiger partial charge on any atom is 0.225 e. The van der Waals surface area contributed by atoms with E-state index >= 15 is 0 Å². The zero-order valence-electron chi connectivity index (χ0n) is 17.4. The summed E-state index contributed by atoms with van der Waals surface area (Å²) in [6.07, 6.45) is 3.11. The molecule has 1 saturated heterocycles. The van der Waals surface area contributed by atoms with Crippen molar-refractivity contribution in [2.75, 3.05) is 38.1 Å². The van der Waals surface area contributed by atoms with Crippen LogP contribution in [0.2, 0.25) is 0 Å². The fourth-order valence-electron chi connectivity index (χ4n) is 3.28. The van der Waals surface area contributed by atoms with Gasteiger partial charge in [0.25, 0.3) is 0 Å². The summed E-state index contributed by atoms with van der Waals surface area (Å²) in [5.74, 6) is 0.149. The lowest BCUT2D eigenvalue weighted by molar-refractivity contribution is -0.126. The van der Waals surface area contributed by atoms with Crippen molar-refractivity contribution in [1.82, 2.24) is 10.2 Å². The Hall–Kier alpha value is -2.43. The monoisotopic (exact) mass is 400 g/mol. The van der Waals surface area contributed by atoms with Crippen molar-refractivity contribution in [3.05, 3.63) is 29.8 Å². The van der Waals surface area contributed by atoms with E-state index in [9.17, 15) is 9.59 Å². The minimum Gasteiger partial charge on any atom is -0.379 e. The van der Waals surface area contributed by atoms with Gasteiger partial charge in [0.05, 0.1) is 17.7 Å². The maximum atomic E-state index is 12.3. The van der Waals surface area contributed by atoms with Crippen molar-refractivity contribution in [2.24, 2.45) is 5.92 Å². The number of anilines is 1. The highest BCUT2D eigenvalue weighted by molar-refractivity contribution is 5.90. The van der Waals surface area contributed by atoms with Gasteiger partial charge in [-0.1, -0.05) is 0 Å². The maximum absolute atomic E-state index is 12.3. The molecule has 0 aliphatic carbocycles. The van der Waals surface area contributed by atoms with E-state index < -0.39 is 0 Å². The molecule has 0 bridgehead atoms. The van der Waals surface area contributed by atoms with Crippen LogP contribution in [0.5, 0.6) is 0 Å². The lowest BCUT2D eigenvalue weighted by atomic mass is 9.96. The molecule has 1 aliphatic heterocycles. The lowest BCUT2D eigenvalue weighted by Crippen LogP contribution is -2.41. The fraction of sp³-hybridized carbons (Fsp3) is 0.591. The summed E-state index contributed by atoms with van der Waals surface area (Å²) in [7, 11) is 0. The Balaban J connectivity index is 1.59. The van der Waals surface area contributed by atoms with Gasteiger partial charge in [-0.05, 0) is 70.5 Å². The van der Waals surface area contributed by atoms with Gasteiger partial charge in [0.1, 0.15) is 0 Å². The van der Waals surface area contributed by atoms with E-state index in [2.05, 4.69) is 21.6 Å². The van der Waals surface area contributed by atoms with Crippen LogP contribution < -0.4 is 10.6 Å². The Morgan fingerprint density at radius 3 is 2.55 bits per heavy atom. The molecule has 158 valence electrons. The SMILES string of the molecule is CC(C)OCCCNC(=O)C1CCN(CCC(=O)Nc2ccc(C#N)cc2)CC1. The molecule has 0 unspecified atom stereocenters. The Morgan fingerprint density at radius 2 is 1.93 bits per heavy atom. The number of nitrogens with one attached hydrogen (secondary N) is 2. The van der Waals surface area contributed by atoms with Crippen LogP contribution in [0, 0.1) is 17.2 Å². The molecule has 2 N–H and O–H groups in total. The molecule has 1 aliphatic rings. The molecule has 1 heterocycles. The highest BCUT2D eigenvalue weighted by Gasteiger charge is 2.24. The van der Waals surface area contributed by atoms with Crippen molar-refractivity contribution in [2.45, 2.75) is 45.6 Å². The van der Waals surface area contributed by atoms with Crippen molar-refractivity contribution in [3.8, 4) is 6.07 Å². The molecule has 2 rings (SSSR count). The molecule has 1 aromatic carbocycles. The Kier molecular flexibility index (Phi) is 9.62. The molecule has 2 amide bonds. The number of likely N-dealkylation sites (tertiary alicyclic amines) is 1. The zero-order valence-corrected chi connectivity index (χ0v) is 17.4. The number of piperidine rings is 1. The standard InChI is InChI=1S/C22H32N4O3/c1-17(2)29-15-3-11-24-22(28)19-8-12-26(13-9-19)14-10-21(27)25-20-6-4-18(16-23)5-7-20/h4-7,17,19H,3,8-15H2,1-2H3,(H,24,28)(H,25,27). The number of rotatable bonds is 10. The average molecular weight is 401 g/mol. The molecule has 0 aromatic heterocycles. The molecule has 29 heavy (non-hydrogen) atoms. The van der Waals surface area contributed by atoms with Crippen LogP contribution in [-0.2, 0) is 14.3 Å². The highest BCUT2D eigenvalue weighted by Crippen LogP contribution is 2.17. The second-order valence-electron chi connectivity index (χ2n) is 7.67. The fourth-order valence-corrected chi connectivity index (χ4v) is 3.28. The number of hydrogen-bond donors (Lipinski definition) is 2. The van der Waals surface area contributed by atoms with Gasteiger partial charge < -0.3 is 20.3 Å². The normalized spacial score (nSPS) is 15.1. The number of benzene rings is 1. The van der Waals surface area contributed by atoms with Crippen LogP contribution >= 0.6 is 0 Å². The number of carbonyl (C=O) groups excluding carboxylic acids is 2. The first-order valence-electron chi connectivity index (χ1n) is 10.4. The van der Waals surface area contributed by atoms with Gasteiger partial charge in [-0.3, -0.25) is 9.59 Å². The van der Waals surface area contributed by atoms with Gasteiger partial charge in [-0.15, -0.1) is 0 Å². The summed E-state index contributed by atoms with van der Waals surface area (Å²) in [6, 6.07) is 8.88. The third kappa shape index (κ3) is 8.63. The molecule has 1 fully saturated rings. The van der Waals surface area contributed by atoms with Crippen LogP contribution in [-0.4, -0.2) is 55.6 Å². The largest absolute Gasteiger partial charge is 0.379 e. The predicted octanol–water partition coefficient (Wildman–Crippen LogP) is 2.53. The van der Waals surface area contributed by atoms with Crippen molar-refractivity contribution >= 4 is 17.5 Å². The van der Waals surface area contributed by atoms with Crippen LogP contribution in [0.4, 0.5) is 5.69 Å². The van der Waals surface area contributed by atoms with E-state index in [0.29, 0.717) is 37.4 Å². The quantitative estimate of drug-likeness (QED) is 0.589. The van der Waals surface area contributed by atoms with Gasteiger partial charge in [-0.2, -0.15) is 5.26 Å². The Morgan fingerprint density at radius 1 is 1.24 bits per heavy atom.